The van der Waals surface area contributed by atoms with Gasteiger partial charge in [0.05, 0.1) is 5.69 Å². The van der Waals surface area contributed by atoms with Gasteiger partial charge >= 0.3 is 0 Å². The molecule has 0 saturated carbocycles. The van der Waals surface area contributed by atoms with Crippen LogP contribution < -0.4 is 10.9 Å². The van der Waals surface area contributed by atoms with Gasteiger partial charge in [-0.2, -0.15) is 0 Å². The van der Waals surface area contributed by atoms with Crippen molar-refractivity contribution in [1.29, 1.82) is 0 Å². The number of fused-ring (bicyclic) bond motifs is 1. The predicted octanol–water partition coefficient (Wildman–Crippen LogP) is 2.89. The standard InChI is InChI=1S/C21H23ClN4O3/c1-14(2)7-9-26-18(15-5-3-6-16(22)11-15)13-25-12-17(24-19(25)21(26)29)20(28)23-8-4-10-27/h3,5-7,11-13,27H,4,8-10H2,1-2H3,(H,23,28). The molecule has 2 N–H and O–H groups in total. The molecule has 0 aliphatic rings. The van der Waals surface area contributed by atoms with E-state index in [1.54, 1.807) is 27.3 Å². The van der Waals surface area contributed by atoms with Crippen LogP contribution in [0.1, 0.15) is 30.8 Å². The summed E-state index contributed by atoms with van der Waals surface area (Å²) in [6.07, 6.45) is 5.72. The van der Waals surface area contributed by atoms with Gasteiger partial charge in [0.15, 0.2) is 0 Å². The molecule has 152 valence electrons. The van der Waals surface area contributed by atoms with E-state index >= 15 is 0 Å². The number of imidazole rings is 1. The third-order valence-electron chi connectivity index (χ3n) is 4.38. The van der Waals surface area contributed by atoms with Gasteiger partial charge in [-0.25, -0.2) is 4.98 Å². The van der Waals surface area contributed by atoms with Crippen molar-refractivity contribution in [2.24, 2.45) is 0 Å². The largest absolute Gasteiger partial charge is 0.396 e. The molecule has 0 saturated heterocycles. The van der Waals surface area contributed by atoms with Gasteiger partial charge in [-0.3, -0.25) is 18.6 Å². The predicted molar refractivity (Wildman–Crippen MR) is 113 cm³/mol. The highest BCUT2D eigenvalue weighted by molar-refractivity contribution is 6.30. The van der Waals surface area contributed by atoms with Crippen LogP contribution in [0.5, 0.6) is 0 Å². The van der Waals surface area contributed by atoms with Gasteiger partial charge in [0.25, 0.3) is 11.5 Å². The normalized spacial score (nSPS) is 10.9. The number of nitrogens with one attached hydrogen (secondary N) is 1. The summed E-state index contributed by atoms with van der Waals surface area (Å²) in [6.45, 7) is 4.63. The number of hydrogen-bond acceptors (Lipinski definition) is 4. The number of carbonyl (C=O) groups excluding carboxylic acids is 1. The Bertz CT molecular complexity index is 1130. The quantitative estimate of drug-likeness (QED) is 0.459. The number of aliphatic hydroxyl groups is 1. The second-order valence-electron chi connectivity index (χ2n) is 6.91. The molecule has 3 aromatic rings. The number of carbonyl (C=O) groups is 1. The summed E-state index contributed by atoms with van der Waals surface area (Å²) in [5, 5.41) is 12.1. The van der Waals surface area contributed by atoms with Crippen LogP contribution in [0, 0.1) is 0 Å². The first kappa shape index (κ1) is 20.8. The maximum atomic E-state index is 13.2. The van der Waals surface area contributed by atoms with E-state index in [0.717, 1.165) is 11.1 Å². The highest BCUT2D eigenvalue weighted by Crippen LogP contribution is 2.22. The number of rotatable bonds is 7. The van der Waals surface area contributed by atoms with Crippen molar-refractivity contribution in [3.8, 4) is 11.3 Å². The monoisotopic (exact) mass is 414 g/mol. The Hall–Kier alpha value is -2.90. The Balaban J connectivity index is 2.13. The molecule has 7 nitrogen and oxygen atoms in total. The van der Waals surface area contributed by atoms with Gasteiger partial charge in [0, 0.05) is 42.7 Å². The molecular formula is C21H23ClN4O3. The second-order valence-corrected chi connectivity index (χ2v) is 7.35. The summed E-state index contributed by atoms with van der Waals surface area (Å²) in [6, 6.07) is 7.27. The fourth-order valence-corrected chi connectivity index (χ4v) is 3.09. The first-order chi connectivity index (χ1) is 13.9. The van der Waals surface area contributed by atoms with Crippen molar-refractivity contribution < 1.29 is 9.90 Å². The number of aromatic nitrogens is 3. The molecule has 0 unspecified atom stereocenters. The van der Waals surface area contributed by atoms with Crippen molar-refractivity contribution in [2.45, 2.75) is 26.8 Å². The maximum Gasteiger partial charge on any atom is 0.295 e. The van der Waals surface area contributed by atoms with Gasteiger partial charge in [-0.05, 0) is 32.4 Å². The van der Waals surface area contributed by atoms with Crippen LogP contribution in [0.15, 0.2) is 53.1 Å². The molecule has 1 aromatic carbocycles. The molecule has 0 spiro atoms. The minimum atomic E-state index is -0.387. The summed E-state index contributed by atoms with van der Waals surface area (Å²) in [7, 11) is 0. The minimum Gasteiger partial charge on any atom is -0.396 e. The molecule has 8 heteroatoms. The molecule has 0 aliphatic heterocycles. The SMILES string of the molecule is CC(C)=CCn1c(-c2cccc(Cl)c2)cn2cc(C(=O)NCCCO)nc2c1=O. The van der Waals surface area contributed by atoms with Crippen molar-refractivity contribution in [1.82, 2.24) is 19.3 Å². The van der Waals surface area contributed by atoms with Gasteiger partial charge in [-0.1, -0.05) is 35.4 Å². The van der Waals surface area contributed by atoms with E-state index in [1.807, 2.05) is 32.1 Å². The number of benzene rings is 1. The smallest absolute Gasteiger partial charge is 0.295 e. The highest BCUT2D eigenvalue weighted by atomic mass is 35.5. The number of hydrogen-bond donors (Lipinski definition) is 2. The summed E-state index contributed by atoms with van der Waals surface area (Å²) >= 11 is 6.15. The Labute approximate surface area is 173 Å². The molecule has 2 heterocycles. The molecule has 2 aromatic heterocycles. The summed E-state index contributed by atoms with van der Waals surface area (Å²) < 4.78 is 3.19. The molecule has 1 amide bonds. The molecule has 0 fully saturated rings. The Morgan fingerprint density at radius 2 is 2.10 bits per heavy atom. The Morgan fingerprint density at radius 1 is 1.31 bits per heavy atom. The zero-order chi connectivity index (χ0) is 21.0. The molecule has 3 rings (SSSR count). The van der Waals surface area contributed by atoms with Crippen molar-refractivity contribution >= 4 is 23.2 Å². The fourth-order valence-electron chi connectivity index (χ4n) is 2.90. The number of amides is 1. The summed E-state index contributed by atoms with van der Waals surface area (Å²) in [5.74, 6) is -0.387. The first-order valence-corrected chi connectivity index (χ1v) is 9.69. The highest BCUT2D eigenvalue weighted by Gasteiger charge is 2.16. The van der Waals surface area contributed by atoms with Gasteiger partial charge in [0.1, 0.15) is 5.69 Å². The van der Waals surface area contributed by atoms with E-state index in [2.05, 4.69) is 10.3 Å². The zero-order valence-electron chi connectivity index (χ0n) is 16.4. The molecule has 0 atom stereocenters. The number of nitrogens with zero attached hydrogens (tertiary/aromatic N) is 3. The zero-order valence-corrected chi connectivity index (χ0v) is 17.1. The molecule has 0 aliphatic carbocycles. The van der Waals surface area contributed by atoms with E-state index in [1.165, 1.54) is 6.20 Å². The number of halogens is 1. The van der Waals surface area contributed by atoms with Crippen LogP contribution in [-0.4, -0.2) is 38.1 Å². The summed E-state index contributed by atoms with van der Waals surface area (Å²) in [4.78, 5) is 29.7. The van der Waals surface area contributed by atoms with E-state index in [4.69, 9.17) is 16.7 Å². The van der Waals surface area contributed by atoms with E-state index in [-0.39, 0.29) is 29.4 Å². The third kappa shape index (κ3) is 4.75. The van der Waals surface area contributed by atoms with Crippen LogP contribution >= 0.6 is 11.6 Å². The third-order valence-corrected chi connectivity index (χ3v) is 4.61. The average Bonchev–Trinajstić information content (AvgIpc) is 3.12. The van der Waals surface area contributed by atoms with Crippen LogP contribution in [0.25, 0.3) is 16.9 Å². The lowest BCUT2D eigenvalue weighted by Crippen LogP contribution is -2.25. The average molecular weight is 415 g/mol. The maximum absolute atomic E-state index is 13.2. The fraction of sp³-hybridized carbons (Fsp3) is 0.286. The second kappa shape index (κ2) is 9.07. The van der Waals surface area contributed by atoms with Gasteiger partial charge in [-0.15, -0.1) is 0 Å². The Morgan fingerprint density at radius 3 is 2.79 bits per heavy atom. The lowest BCUT2D eigenvalue weighted by molar-refractivity contribution is 0.0947. The number of allylic oxidation sites excluding steroid dienone is 2. The van der Waals surface area contributed by atoms with E-state index in [9.17, 15) is 9.59 Å². The minimum absolute atomic E-state index is 0.0104. The van der Waals surface area contributed by atoms with Crippen LogP contribution in [0.3, 0.4) is 0 Å². The van der Waals surface area contributed by atoms with Crippen molar-refractivity contribution in [3.05, 3.63) is 69.4 Å². The van der Waals surface area contributed by atoms with Crippen LogP contribution in [-0.2, 0) is 6.54 Å². The topological polar surface area (TPSA) is 88.6 Å². The van der Waals surface area contributed by atoms with Gasteiger partial charge < -0.3 is 10.4 Å². The molecule has 0 radical (unpaired) electrons. The van der Waals surface area contributed by atoms with Crippen LogP contribution in [0.4, 0.5) is 0 Å². The van der Waals surface area contributed by atoms with E-state index < -0.39 is 0 Å². The van der Waals surface area contributed by atoms with Crippen molar-refractivity contribution in [3.63, 3.8) is 0 Å². The van der Waals surface area contributed by atoms with Crippen molar-refractivity contribution in [2.75, 3.05) is 13.2 Å². The molecule has 0 bridgehead atoms. The lowest BCUT2D eigenvalue weighted by Gasteiger charge is -2.12. The molecular weight excluding hydrogens is 392 g/mol. The van der Waals surface area contributed by atoms with Gasteiger partial charge in [0.2, 0.25) is 5.65 Å². The number of aliphatic hydroxyl groups excluding tert-OH is 1. The molecule has 29 heavy (non-hydrogen) atoms. The Kier molecular flexibility index (Phi) is 6.51. The van der Waals surface area contributed by atoms with Crippen LogP contribution in [0.2, 0.25) is 5.02 Å². The summed E-state index contributed by atoms with van der Waals surface area (Å²) in [5.41, 5.74) is 2.58. The lowest BCUT2D eigenvalue weighted by atomic mass is 10.1. The van der Waals surface area contributed by atoms with E-state index in [0.29, 0.717) is 30.2 Å². The first-order valence-electron chi connectivity index (χ1n) is 9.31.